The first-order chi connectivity index (χ1) is 10.6. The molecule has 0 saturated carbocycles. The molecular weight excluding hydrogens is 302 g/mol. The number of thiazole rings is 1. The second kappa shape index (κ2) is 6.16. The number of aliphatic imine (C=N–C) groups is 2. The van der Waals surface area contributed by atoms with Gasteiger partial charge < -0.3 is 26.8 Å². The van der Waals surface area contributed by atoms with Crippen molar-refractivity contribution in [3.8, 4) is 0 Å². The summed E-state index contributed by atoms with van der Waals surface area (Å²) in [5, 5.41) is 0.997. The number of hydrogen-bond donors (Lipinski definition) is 3. The van der Waals surface area contributed by atoms with Crippen molar-refractivity contribution in [1.29, 1.82) is 0 Å². The van der Waals surface area contributed by atoms with E-state index in [9.17, 15) is 0 Å². The molecule has 1 saturated heterocycles. The van der Waals surface area contributed by atoms with Gasteiger partial charge in [-0.2, -0.15) is 4.99 Å². The van der Waals surface area contributed by atoms with E-state index in [1.807, 2.05) is 18.2 Å². The Labute approximate surface area is 131 Å². The topological polar surface area (TPSA) is 128 Å². The predicted octanol–water partition coefficient (Wildman–Crippen LogP) is 0.353. The molecule has 116 valence electrons. The fraction of sp³-hybridized carbons (Fsp3) is 0.308. The van der Waals surface area contributed by atoms with Crippen molar-refractivity contribution >= 4 is 44.3 Å². The van der Waals surface area contributed by atoms with Crippen molar-refractivity contribution < 1.29 is 4.74 Å². The van der Waals surface area contributed by atoms with Crippen molar-refractivity contribution in [2.75, 3.05) is 31.2 Å². The van der Waals surface area contributed by atoms with E-state index in [0.29, 0.717) is 5.69 Å². The SMILES string of the molecule is NC(N)=NC(N)=Nc1ccc2nc(N3CCOCC3)sc2c1. The van der Waals surface area contributed by atoms with Gasteiger partial charge in [-0.05, 0) is 18.2 Å². The Bertz CT molecular complexity index is 729. The van der Waals surface area contributed by atoms with E-state index >= 15 is 0 Å². The van der Waals surface area contributed by atoms with Crippen LogP contribution in [0.4, 0.5) is 10.8 Å². The van der Waals surface area contributed by atoms with Gasteiger partial charge in [0.05, 0.1) is 29.1 Å². The second-order valence-corrected chi connectivity index (χ2v) is 5.76. The van der Waals surface area contributed by atoms with Crippen molar-refractivity contribution in [2.45, 2.75) is 0 Å². The first-order valence-corrected chi connectivity index (χ1v) is 7.60. The van der Waals surface area contributed by atoms with Crippen LogP contribution in [0.15, 0.2) is 28.2 Å². The summed E-state index contributed by atoms with van der Waals surface area (Å²) in [6.45, 7) is 3.20. The maximum absolute atomic E-state index is 5.64. The number of fused-ring (bicyclic) bond motifs is 1. The number of nitrogens with two attached hydrogens (primary N) is 3. The number of nitrogens with zero attached hydrogens (tertiary/aromatic N) is 4. The van der Waals surface area contributed by atoms with Gasteiger partial charge in [0.1, 0.15) is 0 Å². The summed E-state index contributed by atoms with van der Waals surface area (Å²) in [7, 11) is 0. The Morgan fingerprint density at radius 1 is 1.23 bits per heavy atom. The monoisotopic (exact) mass is 319 g/mol. The maximum Gasteiger partial charge on any atom is 0.223 e. The smallest absolute Gasteiger partial charge is 0.223 e. The maximum atomic E-state index is 5.64. The lowest BCUT2D eigenvalue weighted by Gasteiger charge is -2.25. The van der Waals surface area contributed by atoms with Gasteiger partial charge in [0.15, 0.2) is 11.1 Å². The van der Waals surface area contributed by atoms with Gasteiger partial charge in [-0.3, -0.25) is 0 Å². The van der Waals surface area contributed by atoms with E-state index in [4.69, 9.17) is 21.9 Å². The van der Waals surface area contributed by atoms with Crippen LogP contribution in [0.1, 0.15) is 0 Å². The molecule has 9 heteroatoms. The molecule has 0 spiro atoms. The zero-order valence-corrected chi connectivity index (χ0v) is 12.7. The standard InChI is InChI=1S/C13H17N7OS/c14-11(15)19-12(16)17-8-1-2-9-10(7-8)22-13(18-9)20-3-5-21-6-4-20/h1-2,7H,3-6H2,(H6,14,15,16,17,19). The Hall–Kier alpha value is -2.39. The van der Waals surface area contributed by atoms with Crippen LogP contribution in [-0.2, 0) is 4.74 Å². The second-order valence-electron chi connectivity index (χ2n) is 4.75. The van der Waals surface area contributed by atoms with Crippen LogP contribution in [0.2, 0.25) is 0 Å². The van der Waals surface area contributed by atoms with Crippen LogP contribution >= 0.6 is 11.3 Å². The van der Waals surface area contributed by atoms with E-state index in [1.165, 1.54) is 0 Å². The first kappa shape index (κ1) is 14.5. The average molecular weight is 319 g/mol. The third kappa shape index (κ3) is 3.26. The van der Waals surface area contributed by atoms with Crippen molar-refractivity contribution in [1.82, 2.24) is 4.98 Å². The van der Waals surface area contributed by atoms with Crippen LogP contribution in [0.5, 0.6) is 0 Å². The summed E-state index contributed by atoms with van der Waals surface area (Å²) < 4.78 is 6.40. The Morgan fingerprint density at radius 2 is 2.00 bits per heavy atom. The number of guanidine groups is 2. The molecule has 1 aromatic heterocycles. The minimum absolute atomic E-state index is 0.0252. The summed E-state index contributed by atoms with van der Waals surface area (Å²) in [6.07, 6.45) is 0. The Kier molecular flexibility index (Phi) is 4.07. The lowest BCUT2D eigenvalue weighted by atomic mass is 10.3. The summed E-state index contributed by atoms with van der Waals surface area (Å²) in [4.78, 5) is 14.7. The highest BCUT2D eigenvalue weighted by molar-refractivity contribution is 7.22. The quantitative estimate of drug-likeness (QED) is 0.541. The fourth-order valence-electron chi connectivity index (χ4n) is 2.15. The predicted molar refractivity (Wildman–Crippen MR) is 89.7 cm³/mol. The minimum Gasteiger partial charge on any atom is -0.378 e. The van der Waals surface area contributed by atoms with Crippen LogP contribution in [-0.4, -0.2) is 43.2 Å². The molecule has 1 aliphatic heterocycles. The summed E-state index contributed by atoms with van der Waals surface area (Å²) in [6, 6.07) is 5.67. The van der Waals surface area contributed by atoms with Crippen molar-refractivity contribution in [2.24, 2.45) is 27.2 Å². The van der Waals surface area contributed by atoms with Gasteiger partial charge in [-0.1, -0.05) is 11.3 Å². The highest BCUT2D eigenvalue weighted by Gasteiger charge is 2.15. The number of morpholine rings is 1. The largest absolute Gasteiger partial charge is 0.378 e. The molecule has 6 N–H and O–H groups in total. The lowest BCUT2D eigenvalue weighted by molar-refractivity contribution is 0.122. The molecule has 1 aliphatic rings. The van der Waals surface area contributed by atoms with E-state index in [-0.39, 0.29) is 11.9 Å². The molecule has 1 fully saturated rings. The van der Waals surface area contributed by atoms with Gasteiger partial charge in [0.25, 0.3) is 0 Å². The number of anilines is 1. The van der Waals surface area contributed by atoms with Crippen LogP contribution in [0.25, 0.3) is 10.2 Å². The van der Waals surface area contributed by atoms with E-state index in [1.54, 1.807) is 11.3 Å². The molecule has 0 radical (unpaired) electrons. The summed E-state index contributed by atoms with van der Waals surface area (Å²) in [5.41, 5.74) is 17.8. The van der Waals surface area contributed by atoms with E-state index < -0.39 is 0 Å². The van der Waals surface area contributed by atoms with E-state index in [2.05, 4.69) is 19.9 Å². The molecule has 1 aromatic carbocycles. The molecule has 8 nitrogen and oxygen atoms in total. The van der Waals surface area contributed by atoms with Gasteiger partial charge >= 0.3 is 0 Å². The highest BCUT2D eigenvalue weighted by atomic mass is 32.1. The molecule has 0 bridgehead atoms. The fourth-order valence-corrected chi connectivity index (χ4v) is 3.20. The molecule has 2 aromatic rings. The van der Waals surface area contributed by atoms with Crippen molar-refractivity contribution in [3.63, 3.8) is 0 Å². The Morgan fingerprint density at radius 3 is 2.73 bits per heavy atom. The summed E-state index contributed by atoms with van der Waals surface area (Å²) >= 11 is 1.62. The molecule has 0 amide bonds. The van der Waals surface area contributed by atoms with Crippen molar-refractivity contribution in [3.05, 3.63) is 18.2 Å². The number of ether oxygens (including phenoxy) is 1. The number of benzene rings is 1. The minimum atomic E-state index is -0.116. The van der Waals surface area contributed by atoms with Gasteiger partial charge in [0, 0.05) is 13.1 Å². The third-order valence-electron chi connectivity index (χ3n) is 3.13. The molecule has 2 heterocycles. The van der Waals surface area contributed by atoms with E-state index in [0.717, 1.165) is 41.7 Å². The summed E-state index contributed by atoms with van der Waals surface area (Å²) in [5.74, 6) is -0.0907. The molecule has 0 atom stereocenters. The zero-order valence-electron chi connectivity index (χ0n) is 11.9. The average Bonchev–Trinajstić information content (AvgIpc) is 2.90. The van der Waals surface area contributed by atoms with Crippen LogP contribution < -0.4 is 22.1 Å². The van der Waals surface area contributed by atoms with Gasteiger partial charge in [-0.15, -0.1) is 0 Å². The first-order valence-electron chi connectivity index (χ1n) is 6.79. The Balaban J connectivity index is 1.88. The van der Waals surface area contributed by atoms with Gasteiger partial charge in [0.2, 0.25) is 5.96 Å². The highest BCUT2D eigenvalue weighted by Crippen LogP contribution is 2.31. The third-order valence-corrected chi connectivity index (χ3v) is 4.21. The molecule has 0 unspecified atom stereocenters. The molecule has 22 heavy (non-hydrogen) atoms. The van der Waals surface area contributed by atoms with Crippen LogP contribution in [0.3, 0.4) is 0 Å². The number of rotatable bonds is 2. The number of hydrogen-bond acceptors (Lipinski definition) is 5. The molecule has 0 aliphatic carbocycles. The number of aromatic nitrogens is 1. The lowest BCUT2D eigenvalue weighted by Crippen LogP contribution is -2.36. The molecule has 3 rings (SSSR count). The molecular formula is C13H17N7OS. The van der Waals surface area contributed by atoms with Crippen LogP contribution in [0, 0.1) is 0 Å². The zero-order chi connectivity index (χ0) is 15.5. The normalized spacial score (nSPS) is 16.0. The van der Waals surface area contributed by atoms with Gasteiger partial charge in [-0.25, -0.2) is 9.98 Å².